The first-order valence-electron chi connectivity index (χ1n) is 6.43. The van der Waals surface area contributed by atoms with Crippen molar-refractivity contribution in [2.75, 3.05) is 0 Å². The number of rotatable bonds is 4. The Hall–Kier alpha value is -2.12. The average molecular weight is 378 g/mol. The van der Waals surface area contributed by atoms with Crippen LogP contribution in [0.1, 0.15) is 5.56 Å². The Balaban J connectivity index is 1.84. The lowest BCUT2D eigenvalue weighted by Gasteiger charge is -2.02. The number of benzene rings is 2. The van der Waals surface area contributed by atoms with Crippen molar-refractivity contribution in [3.63, 3.8) is 0 Å². The van der Waals surface area contributed by atoms with Crippen LogP contribution in [-0.4, -0.2) is 19.6 Å². The molecule has 0 amide bonds. The van der Waals surface area contributed by atoms with Gasteiger partial charge in [0.05, 0.1) is 11.1 Å². The lowest BCUT2D eigenvalue weighted by molar-refractivity contribution is 0.584. The van der Waals surface area contributed by atoms with E-state index in [1.807, 2.05) is 18.2 Å². The van der Waals surface area contributed by atoms with Gasteiger partial charge in [-0.15, -0.1) is 0 Å². The average Bonchev–Trinajstić information content (AvgIpc) is 2.90. The van der Waals surface area contributed by atoms with Gasteiger partial charge in [0, 0.05) is 27.1 Å². The van der Waals surface area contributed by atoms with Crippen molar-refractivity contribution < 1.29 is 8.42 Å². The Morgan fingerprint density at radius 3 is 2.68 bits per heavy atom. The number of H-pyrrole nitrogens is 1. The van der Waals surface area contributed by atoms with Crippen molar-refractivity contribution in [1.82, 2.24) is 9.82 Å². The fraction of sp³-hybridized carbons (Fsp3) is 0. The van der Waals surface area contributed by atoms with E-state index in [4.69, 9.17) is 0 Å². The number of hydrogen-bond acceptors (Lipinski definition) is 3. The first-order chi connectivity index (χ1) is 10.6. The summed E-state index contributed by atoms with van der Waals surface area (Å²) in [4.78, 5) is 5.49. The van der Waals surface area contributed by atoms with Gasteiger partial charge in [0.2, 0.25) is 0 Å². The Morgan fingerprint density at radius 2 is 1.91 bits per heavy atom. The summed E-state index contributed by atoms with van der Waals surface area (Å²) in [5, 5.41) is 4.80. The van der Waals surface area contributed by atoms with E-state index in [0.717, 1.165) is 20.9 Å². The van der Waals surface area contributed by atoms with E-state index in [1.54, 1.807) is 24.4 Å². The maximum atomic E-state index is 12.0. The molecule has 3 aromatic rings. The van der Waals surface area contributed by atoms with Crippen LogP contribution in [-0.2, 0) is 10.0 Å². The Bertz CT molecular complexity index is 934. The second-order valence-electron chi connectivity index (χ2n) is 4.60. The molecule has 0 spiro atoms. The van der Waals surface area contributed by atoms with Crippen LogP contribution in [0.5, 0.6) is 0 Å². The van der Waals surface area contributed by atoms with Gasteiger partial charge in [0.25, 0.3) is 10.0 Å². The predicted octanol–water partition coefficient (Wildman–Crippen LogP) is 3.24. The van der Waals surface area contributed by atoms with Crippen LogP contribution in [0.4, 0.5) is 0 Å². The molecule has 0 fully saturated rings. The van der Waals surface area contributed by atoms with Crippen molar-refractivity contribution >= 4 is 43.1 Å². The number of aromatic amines is 1. The number of sulfonamides is 1. The van der Waals surface area contributed by atoms with Crippen molar-refractivity contribution in [1.29, 1.82) is 0 Å². The monoisotopic (exact) mass is 377 g/mol. The van der Waals surface area contributed by atoms with E-state index in [9.17, 15) is 8.42 Å². The molecule has 0 aliphatic heterocycles. The summed E-state index contributed by atoms with van der Waals surface area (Å²) >= 11 is 3.41. The molecule has 1 aromatic heterocycles. The topological polar surface area (TPSA) is 74.3 Å². The van der Waals surface area contributed by atoms with Crippen LogP contribution >= 0.6 is 15.9 Å². The maximum absolute atomic E-state index is 12.0. The van der Waals surface area contributed by atoms with E-state index in [0.29, 0.717) is 0 Å². The van der Waals surface area contributed by atoms with Gasteiger partial charge in [0.1, 0.15) is 0 Å². The molecule has 2 N–H and O–H groups in total. The Morgan fingerprint density at radius 1 is 1.14 bits per heavy atom. The van der Waals surface area contributed by atoms with Crippen LogP contribution in [0, 0.1) is 0 Å². The molecular formula is C15H12BrN3O2S. The zero-order valence-corrected chi connectivity index (χ0v) is 13.7. The molecule has 1 heterocycles. The standard InChI is InChI=1S/C15H12BrN3O2S/c16-12-6-7-15-14(8-12)11(9-17-15)10-18-19-22(20,21)13-4-2-1-3-5-13/h1-10,17,19H/b18-10-. The molecule has 0 radical (unpaired) electrons. The highest BCUT2D eigenvalue weighted by Gasteiger charge is 2.11. The highest BCUT2D eigenvalue weighted by Crippen LogP contribution is 2.21. The molecule has 3 rings (SSSR count). The Labute approximate surface area is 136 Å². The highest BCUT2D eigenvalue weighted by atomic mass is 79.9. The SMILES string of the molecule is O=S(=O)(N/N=C\c1c[nH]c2ccc(Br)cc12)c1ccccc1. The molecule has 22 heavy (non-hydrogen) atoms. The first kappa shape index (κ1) is 14.8. The van der Waals surface area contributed by atoms with Crippen molar-refractivity contribution in [3.8, 4) is 0 Å². The fourth-order valence-corrected chi connectivity index (χ4v) is 3.21. The molecule has 7 heteroatoms. The van der Waals surface area contributed by atoms with Gasteiger partial charge in [-0.2, -0.15) is 13.5 Å². The minimum Gasteiger partial charge on any atom is -0.361 e. The quantitative estimate of drug-likeness (QED) is 0.540. The molecule has 0 atom stereocenters. The van der Waals surface area contributed by atoms with Crippen LogP contribution < -0.4 is 4.83 Å². The summed E-state index contributed by atoms with van der Waals surface area (Å²) in [6.45, 7) is 0. The summed E-state index contributed by atoms with van der Waals surface area (Å²) in [5.41, 5.74) is 1.75. The largest absolute Gasteiger partial charge is 0.361 e. The third-order valence-electron chi connectivity index (χ3n) is 3.11. The number of aromatic nitrogens is 1. The molecule has 0 unspecified atom stereocenters. The molecule has 0 bridgehead atoms. The van der Waals surface area contributed by atoms with Gasteiger partial charge in [-0.3, -0.25) is 0 Å². The molecular weight excluding hydrogens is 366 g/mol. The van der Waals surface area contributed by atoms with Gasteiger partial charge in [-0.05, 0) is 30.3 Å². The van der Waals surface area contributed by atoms with Gasteiger partial charge >= 0.3 is 0 Å². The van der Waals surface area contributed by atoms with Crippen LogP contribution in [0.2, 0.25) is 0 Å². The predicted molar refractivity (Wildman–Crippen MR) is 90.4 cm³/mol. The number of hydrazone groups is 1. The molecule has 0 saturated heterocycles. The van der Waals surface area contributed by atoms with E-state index >= 15 is 0 Å². The molecule has 0 aliphatic carbocycles. The number of fused-ring (bicyclic) bond motifs is 1. The van der Waals surface area contributed by atoms with E-state index in [1.165, 1.54) is 18.3 Å². The number of nitrogens with zero attached hydrogens (tertiary/aromatic N) is 1. The minimum absolute atomic E-state index is 0.175. The maximum Gasteiger partial charge on any atom is 0.276 e. The lowest BCUT2D eigenvalue weighted by atomic mass is 10.2. The second-order valence-corrected chi connectivity index (χ2v) is 7.18. The zero-order valence-electron chi connectivity index (χ0n) is 11.3. The van der Waals surface area contributed by atoms with Gasteiger partial charge in [-0.25, -0.2) is 4.83 Å². The van der Waals surface area contributed by atoms with Crippen LogP contribution in [0.3, 0.4) is 0 Å². The third kappa shape index (κ3) is 3.05. The summed E-state index contributed by atoms with van der Waals surface area (Å²) in [7, 11) is -3.64. The molecule has 0 saturated carbocycles. The van der Waals surface area contributed by atoms with Crippen LogP contribution in [0.15, 0.2) is 69.2 Å². The number of hydrogen-bond donors (Lipinski definition) is 2. The van der Waals surface area contributed by atoms with Gasteiger partial charge < -0.3 is 4.98 Å². The molecule has 2 aromatic carbocycles. The molecule has 0 aliphatic rings. The number of nitrogens with one attached hydrogen (secondary N) is 2. The third-order valence-corrected chi connectivity index (χ3v) is 4.84. The fourth-order valence-electron chi connectivity index (χ4n) is 2.04. The second kappa shape index (κ2) is 5.94. The van der Waals surface area contributed by atoms with E-state index in [2.05, 4.69) is 30.8 Å². The molecule has 112 valence electrons. The minimum atomic E-state index is -3.64. The smallest absolute Gasteiger partial charge is 0.276 e. The lowest BCUT2D eigenvalue weighted by Crippen LogP contribution is -2.18. The molecule has 5 nitrogen and oxygen atoms in total. The normalized spacial score (nSPS) is 12.0. The summed E-state index contributed by atoms with van der Waals surface area (Å²) in [6, 6.07) is 13.9. The zero-order chi connectivity index (χ0) is 15.6. The summed E-state index contributed by atoms with van der Waals surface area (Å²) < 4.78 is 25.0. The van der Waals surface area contributed by atoms with Crippen molar-refractivity contribution in [2.24, 2.45) is 5.10 Å². The highest BCUT2D eigenvalue weighted by molar-refractivity contribution is 9.10. The first-order valence-corrected chi connectivity index (χ1v) is 8.70. The van der Waals surface area contributed by atoms with Gasteiger partial charge in [-0.1, -0.05) is 34.1 Å². The summed E-state index contributed by atoms with van der Waals surface area (Å²) in [5.74, 6) is 0. The Kier molecular flexibility index (Phi) is 4.00. The van der Waals surface area contributed by atoms with E-state index in [-0.39, 0.29) is 4.90 Å². The van der Waals surface area contributed by atoms with Gasteiger partial charge in [0.15, 0.2) is 0 Å². The van der Waals surface area contributed by atoms with Crippen molar-refractivity contribution in [3.05, 3.63) is 64.8 Å². The van der Waals surface area contributed by atoms with Crippen molar-refractivity contribution in [2.45, 2.75) is 4.90 Å². The summed E-state index contributed by atoms with van der Waals surface area (Å²) in [6.07, 6.45) is 3.25. The van der Waals surface area contributed by atoms with Crippen LogP contribution in [0.25, 0.3) is 10.9 Å². The number of halogens is 1. The van der Waals surface area contributed by atoms with E-state index < -0.39 is 10.0 Å².